The zero-order chi connectivity index (χ0) is 19.7. The van der Waals surface area contributed by atoms with Crippen molar-refractivity contribution in [2.24, 2.45) is 0 Å². The van der Waals surface area contributed by atoms with Gasteiger partial charge in [0.1, 0.15) is 11.6 Å². The van der Waals surface area contributed by atoms with Gasteiger partial charge < -0.3 is 9.47 Å². The molecule has 0 amide bonds. The Morgan fingerprint density at radius 2 is 1.79 bits per heavy atom. The molecule has 1 saturated heterocycles. The number of halogens is 1. The van der Waals surface area contributed by atoms with E-state index >= 15 is 0 Å². The summed E-state index contributed by atoms with van der Waals surface area (Å²) >= 11 is 6.01. The molecule has 0 spiro atoms. The average Bonchev–Trinajstić information content (AvgIpc) is 2.74. The molecule has 0 radical (unpaired) electrons. The number of hydrogen-bond acceptors (Lipinski definition) is 3. The smallest absolute Gasteiger partial charge is 0.271 e. The van der Waals surface area contributed by atoms with E-state index in [-0.39, 0.29) is 11.1 Å². The standard InChI is InChI=1S/C23H22ClN3O/c1-2-27-21-6-4-3-5-19(21)22(20(15-25)23(27)28)26-13-11-17(12-14-26)16-7-9-18(24)10-8-16/h3-10,17H,2,11-14H2,1H3. The van der Waals surface area contributed by atoms with E-state index in [0.29, 0.717) is 12.5 Å². The second kappa shape index (κ2) is 7.69. The number of pyridine rings is 1. The van der Waals surface area contributed by atoms with Crippen LogP contribution >= 0.6 is 11.6 Å². The topological polar surface area (TPSA) is 49.0 Å². The molecule has 2 heterocycles. The number of nitrogens with zero attached hydrogens (tertiary/aromatic N) is 3. The lowest BCUT2D eigenvalue weighted by atomic mass is 9.89. The van der Waals surface area contributed by atoms with Crippen LogP contribution < -0.4 is 10.5 Å². The normalized spacial score (nSPS) is 15.0. The van der Waals surface area contributed by atoms with Crippen LogP contribution in [-0.4, -0.2) is 17.7 Å². The van der Waals surface area contributed by atoms with Crippen molar-refractivity contribution < 1.29 is 0 Å². The highest BCUT2D eigenvalue weighted by atomic mass is 35.5. The summed E-state index contributed by atoms with van der Waals surface area (Å²) in [4.78, 5) is 15.1. The molecule has 28 heavy (non-hydrogen) atoms. The first-order valence-electron chi connectivity index (χ1n) is 9.70. The molecule has 1 fully saturated rings. The number of nitriles is 1. The second-order valence-electron chi connectivity index (χ2n) is 7.21. The fourth-order valence-corrected chi connectivity index (χ4v) is 4.43. The zero-order valence-electron chi connectivity index (χ0n) is 15.9. The van der Waals surface area contributed by atoms with Gasteiger partial charge >= 0.3 is 0 Å². The molecule has 0 N–H and O–H groups in total. The Morgan fingerprint density at radius 3 is 2.43 bits per heavy atom. The highest BCUT2D eigenvalue weighted by molar-refractivity contribution is 6.30. The number of aryl methyl sites for hydroxylation is 1. The van der Waals surface area contributed by atoms with Crippen molar-refractivity contribution in [1.29, 1.82) is 5.26 Å². The molecule has 5 heteroatoms. The minimum atomic E-state index is -0.196. The molecule has 1 aromatic heterocycles. The SMILES string of the molecule is CCn1c(=O)c(C#N)c(N2CCC(c3ccc(Cl)cc3)CC2)c2ccccc21. The molecule has 0 aliphatic carbocycles. The van der Waals surface area contributed by atoms with Gasteiger partial charge in [0.25, 0.3) is 5.56 Å². The van der Waals surface area contributed by atoms with Gasteiger partial charge in [-0.05, 0) is 49.4 Å². The molecule has 1 aliphatic rings. The quantitative estimate of drug-likeness (QED) is 0.636. The summed E-state index contributed by atoms with van der Waals surface area (Å²) in [5.41, 5.74) is 3.05. The summed E-state index contributed by atoms with van der Waals surface area (Å²) in [6, 6.07) is 18.2. The predicted octanol–water partition coefficient (Wildman–Crippen LogP) is 4.93. The number of benzene rings is 2. The van der Waals surface area contributed by atoms with Gasteiger partial charge in [-0.3, -0.25) is 4.79 Å². The second-order valence-corrected chi connectivity index (χ2v) is 7.65. The van der Waals surface area contributed by atoms with Gasteiger partial charge in [0.15, 0.2) is 0 Å². The van der Waals surface area contributed by atoms with Crippen LogP contribution in [-0.2, 0) is 6.54 Å². The van der Waals surface area contributed by atoms with E-state index in [0.717, 1.165) is 47.5 Å². The van der Waals surface area contributed by atoms with Crippen molar-refractivity contribution in [3.05, 3.63) is 75.0 Å². The van der Waals surface area contributed by atoms with Crippen molar-refractivity contribution in [2.45, 2.75) is 32.2 Å². The summed E-state index contributed by atoms with van der Waals surface area (Å²) in [7, 11) is 0. The van der Waals surface area contributed by atoms with E-state index in [9.17, 15) is 10.1 Å². The summed E-state index contributed by atoms with van der Waals surface area (Å²) in [5, 5.41) is 11.5. The van der Waals surface area contributed by atoms with Gasteiger partial charge in [0.2, 0.25) is 0 Å². The third-order valence-corrected chi connectivity index (χ3v) is 5.98. The lowest BCUT2D eigenvalue weighted by Gasteiger charge is -2.35. The van der Waals surface area contributed by atoms with Gasteiger partial charge in [-0.25, -0.2) is 0 Å². The molecule has 0 saturated carbocycles. The van der Waals surface area contributed by atoms with Crippen LogP contribution in [0.4, 0.5) is 5.69 Å². The third kappa shape index (κ3) is 3.16. The molecular weight excluding hydrogens is 370 g/mol. The zero-order valence-corrected chi connectivity index (χ0v) is 16.6. The number of rotatable bonds is 3. The van der Waals surface area contributed by atoms with Gasteiger partial charge in [-0.1, -0.05) is 41.9 Å². The number of fused-ring (bicyclic) bond motifs is 1. The first-order valence-corrected chi connectivity index (χ1v) is 10.1. The fourth-order valence-electron chi connectivity index (χ4n) is 4.30. The van der Waals surface area contributed by atoms with Crippen LogP contribution in [0, 0.1) is 11.3 Å². The molecule has 142 valence electrons. The van der Waals surface area contributed by atoms with E-state index in [2.05, 4.69) is 23.1 Å². The number of hydrogen-bond donors (Lipinski definition) is 0. The first-order chi connectivity index (χ1) is 13.6. The van der Waals surface area contributed by atoms with E-state index in [1.165, 1.54) is 5.56 Å². The third-order valence-electron chi connectivity index (χ3n) is 5.73. The molecule has 2 aromatic carbocycles. The van der Waals surface area contributed by atoms with Crippen LogP contribution in [0.25, 0.3) is 10.9 Å². The Hall–Kier alpha value is -2.77. The number of para-hydroxylation sites is 1. The molecule has 4 nitrogen and oxygen atoms in total. The largest absolute Gasteiger partial charge is 0.370 e. The maximum atomic E-state index is 12.9. The van der Waals surface area contributed by atoms with E-state index in [1.54, 1.807) is 4.57 Å². The maximum Gasteiger partial charge on any atom is 0.271 e. The monoisotopic (exact) mass is 391 g/mol. The van der Waals surface area contributed by atoms with E-state index in [1.807, 2.05) is 43.3 Å². The average molecular weight is 392 g/mol. The molecule has 0 unspecified atom stereocenters. The van der Waals surface area contributed by atoms with Crippen LogP contribution in [0.15, 0.2) is 53.3 Å². The number of aromatic nitrogens is 1. The fraction of sp³-hybridized carbons (Fsp3) is 0.304. The number of anilines is 1. The minimum Gasteiger partial charge on any atom is -0.370 e. The Morgan fingerprint density at radius 1 is 1.11 bits per heavy atom. The van der Waals surface area contributed by atoms with Crippen LogP contribution in [0.1, 0.15) is 36.8 Å². The molecule has 0 atom stereocenters. The maximum absolute atomic E-state index is 12.9. The Bertz CT molecular complexity index is 1100. The van der Waals surface area contributed by atoms with Crippen molar-refractivity contribution in [1.82, 2.24) is 4.57 Å². The van der Waals surface area contributed by atoms with Gasteiger partial charge in [-0.2, -0.15) is 5.26 Å². The highest BCUT2D eigenvalue weighted by Gasteiger charge is 2.26. The molecular formula is C23H22ClN3O. The summed E-state index contributed by atoms with van der Waals surface area (Å²) in [6.45, 7) is 4.13. The highest BCUT2D eigenvalue weighted by Crippen LogP contribution is 2.35. The Balaban J connectivity index is 1.72. The summed E-state index contributed by atoms with van der Waals surface area (Å²) in [6.07, 6.45) is 1.97. The van der Waals surface area contributed by atoms with Gasteiger partial charge in [0.05, 0.1) is 11.2 Å². The summed E-state index contributed by atoms with van der Waals surface area (Å²) < 4.78 is 1.69. The summed E-state index contributed by atoms with van der Waals surface area (Å²) in [5.74, 6) is 0.473. The molecule has 0 bridgehead atoms. The van der Waals surface area contributed by atoms with E-state index < -0.39 is 0 Å². The van der Waals surface area contributed by atoms with Gasteiger partial charge in [0, 0.05) is 30.0 Å². The van der Waals surface area contributed by atoms with Crippen molar-refractivity contribution >= 4 is 28.2 Å². The lowest BCUT2D eigenvalue weighted by molar-refractivity contribution is 0.505. The molecule has 1 aliphatic heterocycles. The van der Waals surface area contributed by atoms with Crippen LogP contribution in [0.2, 0.25) is 5.02 Å². The van der Waals surface area contributed by atoms with Gasteiger partial charge in [-0.15, -0.1) is 0 Å². The first kappa shape index (κ1) is 18.6. The number of piperidine rings is 1. The lowest BCUT2D eigenvalue weighted by Crippen LogP contribution is -2.36. The van der Waals surface area contributed by atoms with E-state index in [4.69, 9.17) is 11.6 Å². The van der Waals surface area contributed by atoms with Crippen LogP contribution in [0.5, 0.6) is 0 Å². The van der Waals surface area contributed by atoms with Crippen LogP contribution in [0.3, 0.4) is 0 Å². The Labute approximate surface area is 169 Å². The van der Waals surface area contributed by atoms with Crippen molar-refractivity contribution in [3.63, 3.8) is 0 Å². The Kier molecular flexibility index (Phi) is 5.11. The minimum absolute atomic E-state index is 0.196. The molecule has 4 rings (SSSR count). The predicted molar refractivity (Wildman–Crippen MR) is 114 cm³/mol. The van der Waals surface area contributed by atoms with Crippen molar-refractivity contribution in [2.75, 3.05) is 18.0 Å². The molecule has 3 aromatic rings. The van der Waals surface area contributed by atoms with Crippen molar-refractivity contribution in [3.8, 4) is 6.07 Å².